The van der Waals surface area contributed by atoms with Gasteiger partial charge in [-0.05, 0) is 30.9 Å². The van der Waals surface area contributed by atoms with Gasteiger partial charge in [0.1, 0.15) is 11.1 Å². The highest BCUT2D eigenvalue weighted by Gasteiger charge is 2.09. The highest BCUT2D eigenvalue weighted by Crippen LogP contribution is 2.22. The highest BCUT2D eigenvalue weighted by atomic mass is 32.1. The topological polar surface area (TPSA) is 82.7 Å². The molecule has 2 rings (SSSR count). The summed E-state index contributed by atoms with van der Waals surface area (Å²) in [5.74, 6) is -0.0893. The third-order valence-electron chi connectivity index (χ3n) is 3.11. The van der Waals surface area contributed by atoms with Gasteiger partial charge in [-0.1, -0.05) is 0 Å². The second kappa shape index (κ2) is 7.73. The van der Waals surface area contributed by atoms with Crippen molar-refractivity contribution < 1.29 is 4.79 Å². The SMILES string of the molecule is Cc1cnn(CC(C)NCCC(=O)Nc2sccc2C#N)c1. The van der Waals surface area contributed by atoms with Gasteiger partial charge in [0.25, 0.3) is 0 Å². The minimum Gasteiger partial charge on any atom is -0.317 e. The normalized spacial score (nSPS) is 11.9. The lowest BCUT2D eigenvalue weighted by atomic mass is 10.3. The second-order valence-corrected chi connectivity index (χ2v) is 6.08. The van der Waals surface area contributed by atoms with E-state index in [-0.39, 0.29) is 11.9 Å². The number of nitriles is 1. The first-order valence-corrected chi connectivity index (χ1v) is 7.96. The average Bonchev–Trinajstić information content (AvgIpc) is 3.07. The van der Waals surface area contributed by atoms with Gasteiger partial charge in [-0.25, -0.2) is 0 Å². The number of rotatable bonds is 7. The number of thiophene rings is 1. The molecule has 0 radical (unpaired) electrons. The van der Waals surface area contributed by atoms with E-state index in [0.29, 0.717) is 23.5 Å². The fourth-order valence-electron chi connectivity index (χ4n) is 2.03. The Balaban J connectivity index is 1.69. The number of nitrogens with one attached hydrogen (secondary N) is 2. The van der Waals surface area contributed by atoms with Gasteiger partial charge < -0.3 is 10.6 Å². The standard InChI is InChI=1S/C15H19N5OS/c1-11-8-18-20(9-11)10-12(2)17-5-3-14(21)19-15-13(7-16)4-6-22-15/h4,6,8-9,12,17H,3,5,10H2,1-2H3,(H,19,21). The predicted molar refractivity (Wildman–Crippen MR) is 86.7 cm³/mol. The van der Waals surface area contributed by atoms with E-state index in [1.807, 2.05) is 24.0 Å². The minimum absolute atomic E-state index is 0.0893. The number of nitrogens with zero attached hydrogens (tertiary/aromatic N) is 3. The molecule has 6 nitrogen and oxygen atoms in total. The van der Waals surface area contributed by atoms with Crippen molar-refractivity contribution in [2.45, 2.75) is 32.9 Å². The molecule has 0 aromatic carbocycles. The number of aryl methyl sites for hydroxylation is 1. The van der Waals surface area contributed by atoms with Crippen LogP contribution in [0.1, 0.15) is 24.5 Å². The number of carbonyl (C=O) groups excluding carboxylic acids is 1. The zero-order valence-corrected chi connectivity index (χ0v) is 13.5. The third-order valence-corrected chi connectivity index (χ3v) is 3.94. The molecule has 0 aliphatic heterocycles. The van der Waals surface area contributed by atoms with Crippen molar-refractivity contribution in [2.24, 2.45) is 0 Å². The first-order chi connectivity index (χ1) is 10.6. The Kier molecular flexibility index (Phi) is 5.69. The molecular weight excluding hydrogens is 298 g/mol. The van der Waals surface area contributed by atoms with E-state index in [2.05, 4.69) is 28.7 Å². The van der Waals surface area contributed by atoms with Gasteiger partial charge in [-0.3, -0.25) is 9.48 Å². The molecule has 2 aromatic heterocycles. The quantitative estimate of drug-likeness (QED) is 0.819. The summed E-state index contributed by atoms with van der Waals surface area (Å²) >= 11 is 1.36. The molecule has 0 aliphatic rings. The summed E-state index contributed by atoms with van der Waals surface area (Å²) in [5, 5.41) is 21.6. The molecule has 7 heteroatoms. The van der Waals surface area contributed by atoms with Crippen LogP contribution in [0.2, 0.25) is 0 Å². The summed E-state index contributed by atoms with van der Waals surface area (Å²) < 4.78 is 1.89. The smallest absolute Gasteiger partial charge is 0.226 e. The van der Waals surface area contributed by atoms with E-state index < -0.39 is 0 Å². The summed E-state index contributed by atoms with van der Waals surface area (Å²) in [6.07, 6.45) is 4.18. The van der Waals surface area contributed by atoms with E-state index in [9.17, 15) is 4.79 Å². The number of anilines is 1. The molecule has 2 aromatic rings. The van der Waals surface area contributed by atoms with Crippen LogP contribution in [-0.2, 0) is 11.3 Å². The number of aromatic nitrogens is 2. The number of carbonyl (C=O) groups is 1. The number of amides is 1. The van der Waals surface area contributed by atoms with Crippen molar-refractivity contribution in [3.05, 3.63) is 35.0 Å². The minimum atomic E-state index is -0.0893. The van der Waals surface area contributed by atoms with Crippen LogP contribution in [0.5, 0.6) is 0 Å². The van der Waals surface area contributed by atoms with Crippen LogP contribution in [0.25, 0.3) is 0 Å². The van der Waals surface area contributed by atoms with Crippen molar-refractivity contribution in [3.63, 3.8) is 0 Å². The Labute approximate surface area is 133 Å². The summed E-state index contributed by atoms with van der Waals surface area (Å²) in [4.78, 5) is 11.9. The monoisotopic (exact) mass is 317 g/mol. The van der Waals surface area contributed by atoms with Gasteiger partial charge in [0.15, 0.2) is 0 Å². The average molecular weight is 317 g/mol. The highest BCUT2D eigenvalue weighted by molar-refractivity contribution is 7.14. The van der Waals surface area contributed by atoms with Gasteiger partial charge >= 0.3 is 0 Å². The van der Waals surface area contributed by atoms with Crippen LogP contribution in [0.3, 0.4) is 0 Å². The fraction of sp³-hybridized carbons (Fsp3) is 0.400. The van der Waals surface area contributed by atoms with Crippen LogP contribution >= 0.6 is 11.3 Å². The van der Waals surface area contributed by atoms with Gasteiger partial charge in [-0.15, -0.1) is 11.3 Å². The largest absolute Gasteiger partial charge is 0.317 e. The van der Waals surface area contributed by atoms with E-state index in [1.165, 1.54) is 11.3 Å². The lowest BCUT2D eigenvalue weighted by Gasteiger charge is -2.13. The maximum absolute atomic E-state index is 11.9. The van der Waals surface area contributed by atoms with E-state index in [1.54, 1.807) is 11.4 Å². The predicted octanol–water partition coefficient (Wildman–Crippen LogP) is 2.13. The maximum Gasteiger partial charge on any atom is 0.226 e. The van der Waals surface area contributed by atoms with Crippen LogP contribution in [0, 0.1) is 18.3 Å². The molecular formula is C15H19N5OS. The Morgan fingerprint density at radius 3 is 3.09 bits per heavy atom. The Hall–Kier alpha value is -2.17. The molecule has 1 unspecified atom stereocenters. The number of hydrogen-bond acceptors (Lipinski definition) is 5. The molecule has 0 saturated carbocycles. The van der Waals surface area contributed by atoms with Gasteiger partial charge in [0.2, 0.25) is 5.91 Å². The second-order valence-electron chi connectivity index (χ2n) is 5.17. The first kappa shape index (κ1) is 16.2. The maximum atomic E-state index is 11.9. The van der Waals surface area contributed by atoms with Crippen LogP contribution in [0.4, 0.5) is 5.00 Å². The van der Waals surface area contributed by atoms with Crippen molar-refractivity contribution >= 4 is 22.2 Å². The van der Waals surface area contributed by atoms with Crippen molar-refractivity contribution in [2.75, 3.05) is 11.9 Å². The fourth-order valence-corrected chi connectivity index (χ4v) is 2.78. The van der Waals surface area contributed by atoms with Gasteiger partial charge in [0, 0.05) is 25.2 Å². The van der Waals surface area contributed by atoms with Crippen LogP contribution in [-0.4, -0.2) is 28.3 Å². The molecule has 0 bridgehead atoms. The lowest BCUT2D eigenvalue weighted by molar-refractivity contribution is -0.116. The molecule has 0 saturated heterocycles. The zero-order chi connectivity index (χ0) is 15.9. The van der Waals surface area contributed by atoms with Crippen molar-refractivity contribution in [1.82, 2.24) is 15.1 Å². The first-order valence-electron chi connectivity index (χ1n) is 7.08. The summed E-state index contributed by atoms with van der Waals surface area (Å²) in [5.41, 5.74) is 1.64. The van der Waals surface area contributed by atoms with Gasteiger partial charge in [0.05, 0.1) is 18.3 Å². The van der Waals surface area contributed by atoms with E-state index >= 15 is 0 Å². The third kappa shape index (κ3) is 4.69. The number of hydrogen-bond donors (Lipinski definition) is 2. The van der Waals surface area contributed by atoms with Crippen LogP contribution in [0.15, 0.2) is 23.8 Å². The molecule has 1 atom stereocenters. The molecule has 0 fully saturated rings. The Morgan fingerprint density at radius 2 is 2.41 bits per heavy atom. The molecule has 0 spiro atoms. The molecule has 1 amide bonds. The van der Waals surface area contributed by atoms with E-state index in [4.69, 9.17) is 5.26 Å². The van der Waals surface area contributed by atoms with E-state index in [0.717, 1.165) is 12.1 Å². The molecule has 22 heavy (non-hydrogen) atoms. The summed E-state index contributed by atoms with van der Waals surface area (Å²) in [6.45, 7) is 5.41. The summed E-state index contributed by atoms with van der Waals surface area (Å²) in [7, 11) is 0. The molecule has 0 aliphatic carbocycles. The van der Waals surface area contributed by atoms with Crippen LogP contribution < -0.4 is 10.6 Å². The Bertz CT molecular complexity index is 670. The lowest BCUT2D eigenvalue weighted by Crippen LogP contribution is -2.33. The molecule has 2 heterocycles. The zero-order valence-electron chi connectivity index (χ0n) is 12.7. The molecule has 116 valence electrons. The molecule has 2 N–H and O–H groups in total. The summed E-state index contributed by atoms with van der Waals surface area (Å²) in [6, 6.07) is 3.98. The van der Waals surface area contributed by atoms with Crippen molar-refractivity contribution in [1.29, 1.82) is 5.26 Å². The van der Waals surface area contributed by atoms with Crippen molar-refractivity contribution in [3.8, 4) is 6.07 Å². The Morgan fingerprint density at radius 1 is 1.59 bits per heavy atom. The van der Waals surface area contributed by atoms with Gasteiger partial charge in [-0.2, -0.15) is 10.4 Å².